The van der Waals surface area contributed by atoms with Crippen molar-refractivity contribution in [1.29, 1.82) is 0 Å². The first kappa shape index (κ1) is 14.1. The van der Waals surface area contributed by atoms with Crippen molar-refractivity contribution in [2.24, 2.45) is 0 Å². The number of rotatable bonds is 5. The van der Waals surface area contributed by atoms with E-state index in [2.05, 4.69) is 39.7 Å². The summed E-state index contributed by atoms with van der Waals surface area (Å²) in [5, 5.41) is 0.664. The molecule has 0 amide bonds. The molecule has 0 aliphatic carbocycles. The Morgan fingerprint density at radius 1 is 1.50 bits per heavy atom. The summed E-state index contributed by atoms with van der Waals surface area (Å²) in [5.74, 6) is 1.47. The summed E-state index contributed by atoms with van der Waals surface area (Å²) in [6.07, 6.45) is 2.69. The molecule has 16 heavy (non-hydrogen) atoms. The second kappa shape index (κ2) is 6.67. The molecule has 1 aromatic rings. The van der Waals surface area contributed by atoms with Gasteiger partial charge in [-0.15, -0.1) is 11.6 Å². The summed E-state index contributed by atoms with van der Waals surface area (Å²) in [5.41, 5.74) is 0. The van der Waals surface area contributed by atoms with Crippen molar-refractivity contribution in [3.05, 3.63) is 21.8 Å². The van der Waals surface area contributed by atoms with E-state index in [-0.39, 0.29) is 0 Å². The number of alkyl halides is 1. The molecule has 0 aromatic carbocycles. The van der Waals surface area contributed by atoms with Crippen LogP contribution < -0.4 is 4.90 Å². The lowest BCUT2D eigenvalue weighted by molar-refractivity contribution is 0.663. The first-order chi connectivity index (χ1) is 7.56. The molecular weight excluding hydrogens is 311 g/mol. The number of nitrogens with zero attached hydrogens (tertiary/aromatic N) is 2. The molecule has 0 saturated heterocycles. The Kier molecular flexibility index (Phi) is 5.87. The van der Waals surface area contributed by atoms with Gasteiger partial charge in [-0.2, -0.15) is 0 Å². The molecule has 0 saturated carbocycles. The molecular formula is C11H15BrCl2N2. The van der Waals surface area contributed by atoms with Crippen molar-refractivity contribution in [3.8, 4) is 0 Å². The van der Waals surface area contributed by atoms with Gasteiger partial charge in [0.25, 0.3) is 0 Å². The fourth-order valence-corrected chi connectivity index (χ4v) is 2.31. The summed E-state index contributed by atoms with van der Waals surface area (Å²) in [7, 11) is 0. The van der Waals surface area contributed by atoms with Crippen LogP contribution in [0.3, 0.4) is 0 Å². The van der Waals surface area contributed by atoms with E-state index in [1.807, 2.05) is 6.07 Å². The van der Waals surface area contributed by atoms with Gasteiger partial charge >= 0.3 is 0 Å². The van der Waals surface area contributed by atoms with Crippen LogP contribution in [0.4, 0.5) is 5.82 Å². The van der Waals surface area contributed by atoms with Gasteiger partial charge in [-0.3, -0.25) is 0 Å². The molecule has 0 atom stereocenters. The fraction of sp³-hybridized carbons (Fsp3) is 0.545. The summed E-state index contributed by atoms with van der Waals surface area (Å²) < 4.78 is 0.891. The van der Waals surface area contributed by atoms with E-state index in [0.29, 0.717) is 16.9 Å². The molecule has 0 N–H and O–H groups in total. The van der Waals surface area contributed by atoms with E-state index in [1.54, 1.807) is 6.20 Å². The van der Waals surface area contributed by atoms with E-state index in [0.717, 1.165) is 23.3 Å². The minimum Gasteiger partial charge on any atom is -0.353 e. The molecule has 0 aliphatic rings. The van der Waals surface area contributed by atoms with Crippen LogP contribution in [0.25, 0.3) is 0 Å². The Balaban J connectivity index is 2.92. The number of anilines is 1. The smallest absolute Gasteiger partial charge is 0.147 e. The number of halogens is 3. The predicted octanol–water partition coefficient (Wildman–Crippen LogP) is 4.34. The van der Waals surface area contributed by atoms with Gasteiger partial charge in [0, 0.05) is 29.1 Å². The SMILES string of the molecule is CC(C)N(CCCCl)c1ncc(Br)cc1Cl. The van der Waals surface area contributed by atoms with Crippen molar-refractivity contribution in [3.63, 3.8) is 0 Å². The van der Waals surface area contributed by atoms with E-state index >= 15 is 0 Å². The Bertz CT molecular complexity index is 345. The van der Waals surface area contributed by atoms with Crippen molar-refractivity contribution >= 4 is 44.9 Å². The van der Waals surface area contributed by atoms with Gasteiger partial charge in [-0.05, 0) is 42.3 Å². The van der Waals surface area contributed by atoms with Gasteiger partial charge in [0.15, 0.2) is 0 Å². The Hall–Kier alpha value is 0.01000. The van der Waals surface area contributed by atoms with Crippen LogP contribution in [-0.2, 0) is 0 Å². The van der Waals surface area contributed by atoms with Gasteiger partial charge in [-0.25, -0.2) is 4.98 Å². The lowest BCUT2D eigenvalue weighted by Crippen LogP contribution is -2.32. The van der Waals surface area contributed by atoms with Crippen molar-refractivity contribution in [1.82, 2.24) is 4.98 Å². The van der Waals surface area contributed by atoms with Crippen LogP contribution in [0.2, 0.25) is 5.02 Å². The summed E-state index contributed by atoms with van der Waals surface area (Å²) in [4.78, 5) is 6.52. The molecule has 0 aliphatic heterocycles. The molecule has 0 bridgehead atoms. The first-order valence-corrected chi connectivity index (χ1v) is 6.90. The molecule has 90 valence electrons. The number of pyridine rings is 1. The van der Waals surface area contributed by atoms with Gasteiger partial charge in [0.2, 0.25) is 0 Å². The molecule has 0 fully saturated rings. The quantitative estimate of drug-likeness (QED) is 0.748. The van der Waals surface area contributed by atoms with E-state index in [4.69, 9.17) is 23.2 Å². The van der Waals surface area contributed by atoms with Crippen molar-refractivity contribution < 1.29 is 0 Å². The van der Waals surface area contributed by atoms with Crippen LogP contribution in [-0.4, -0.2) is 23.5 Å². The third-order valence-electron chi connectivity index (χ3n) is 2.22. The van der Waals surface area contributed by atoms with Gasteiger partial charge in [-0.1, -0.05) is 11.6 Å². The zero-order chi connectivity index (χ0) is 12.1. The highest BCUT2D eigenvalue weighted by molar-refractivity contribution is 9.10. The first-order valence-electron chi connectivity index (χ1n) is 5.20. The average molecular weight is 326 g/mol. The molecule has 1 rings (SSSR count). The second-order valence-corrected chi connectivity index (χ2v) is 5.49. The van der Waals surface area contributed by atoms with Crippen LogP contribution in [0.15, 0.2) is 16.7 Å². The lowest BCUT2D eigenvalue weighted by atomic mass is 10.3. The minimum atomic E-state index is 0.356. The minimum absolute atomic E-state index is 0.356. The molecule has 1 heterocycles. The maximum atomic E-state index is 6.18. The average Bonchev–Trinajstić information content (AvgIpc) is 2.20. The Morgan fingerprint density at radius 2 is 2.19 bits per heavy atom. The van der Waals surface area contributed by atoms with Gasteiger partial charge in [0.1, 0.15) is 5.82 Å². The molecule has 0 radical (unpaired) electrons. The number of aromatic nitrogens is 1. The standard InChI is InChI=1S/C11H15BrCl2N2/c1-8(2)16(5-3-4-13)11-10(14)6-9(12)7-15-11/h6-8H,3-5H2,1-2H3. The third kappa shape index (κ3) is 3.79. The molecule has 5 heteroatoms. The summed E-state index contributed by atoms with van der Waals surface area (Å²) in [6.45, 7) is 5.11. The summed E-state index contributed by atoms with van der Waals surface area (Å²) in [6, 6.07) is 2.22. The maximum Gasteiger partial charge on any atom is 0.147 e. The Morgan fingerprint density at radius 3 is 2.69 bits per heavy atom. The largest absolute Gasteiger partial charge is 0.353 e. The van der Waals surface area contributed by atoms with E-state index in [1.165, 1.54) is 0 Å². The van der Waals surface area contributed by atoms with Crippen LogP contribution >= 0.6 is 39.1 Å². The predicted molar refractivity (Wildman–Crippen MR) is 74.8 cm³/mol. The monoisotopic (exact) mass is 324 g/mol. The maximum absolute atomic E-state index is 6.18. The van der Waals surface area contributed by atoms with Crippen LogP contribution in [0.5, 0.6) is 0 Å². The van der Waals surface area contributed by atoms with E-state index < -0.39 is 0 Å². The second-order valence-electron chi connectivity index (χ2n) is 3.79. The summed E-state index contributed by atoms with van der Waals surface area (Å²) >= 11 is 15.2. The normalized spacial score (nSPS) is 10.9. The highest BCUT2D eigenvalue weighted by Crippen LogP contribution is 2.27. The molecule has 0 spiro atoms. The van der Waals surface area contributed by atoms with Crippen LogP contribution in [0.1, 0.15) is 20.3 Å². The fourth-order valence-electron chi connectivity index (χ4n) is 1.46. The zero-order valence-electron chi connectivity index (χ0n) is 9.38. The van der Waals surface area contributed by atoms with Crippen molar-refractivity contribution in [2.75, 3.05) is 17.3 Å². The lowest BCUT2D eigenvalue weighted by Gasteiger charge is -2.28. The van der Waals surface area contributed by atoms with Gasteiger partial charge < -0.3 is 4.90 Å². The third-order valence-corrected chi connectivity index (χ3v) is 3.20. The van der Waals surface area contributed by atoms with Gasteiger partial charge in [0.05, 0.1) is 5.02 Å². The van der Waals surface area contributed by atoms with E-state index in [9.17, 15) is 0 Å². The zero-order valence-corrected chi connectivity index (χ0v) is 12.5. The number of hydrogen-bond acceptors (Lipinski definition) is 2. The van der Waals surface area contributed by atoms with Crippen molar-refractivity contribution in [2.45, 2.75) is 26.3 Å². The topological polar surface area (TPSA) is 16.1 Å². The highest BCUT2D eigenvalue weighted by atomic mass is 79.9. The molecule has 1 aromatic heterocycles. The highest BCUT2D eigenvalue weighted by Gasteiger charge is 2.14. The molecule has 2 nitrogen and oxygen atoms in total. The van der Waals surface area contributed by atoms with Crippen LogP contribution in [0, 0.1) is 0 Å². The molecule has 0 unspecified atom stereocenters. The number of hydrogen-bond donors (Lipinski definition) is 0. The Labute approximate surface area is 115 Å².